The van der Waals surface area contributed by atoms with E-state index in [0.29, 0.717) is 5.56 Å². The molecular formula is C16H14N2O6. The summed E-state index contributed by atoms with van der Waals surface area (Å²) in [5.74, 6) is -0.846. The number of aromatic amines is 1. The largest absolute Gasteiger partial charge is 0.459 e. The summed E-state index contributed by atoms with van der Waals surface area (Å²) in [5.41, 5.74) is -0.895. The van der Waals surface area contributed by atoms with Crippen molar-refractivity contribution in [3.63, 3.8) is 0 Å². The highest BCUT2D eigenvalue weighted by Crippen LogP contribution is 2.23. The SMILES string of the molecule is O=C(OC[C@@H]1CC(=O)[C@H](n2ccc(=O)[nH]c2=O)O1)c1ccccc1. The van der Waals surface area contributed by atoms with Gasteiger partial charge in [-0.25, -0.2) is 9.59 Å². The zero-order valence-corrected chi connectivity index (χ0v) is 12.5. The molecule has 24 heavy (non-hydrogen) atoms. The summed E-state index contributed by atoms with van der Waals surface area (Å²) in [7, 11) is 0. The molecular weight excluding hydrogens is 316 g/mol. The summed E-state index contributed by atoms with van der Waals surface area (Å²) >= 11 is 0. The van der Waals surface area contributed by atoms with Crippen LogP contribution < -0.4 is 11.2 Å². The number of nitrogens with zero attached hydrogens (tertiary/aromatic N) is 1. The van der Waals surface area contributed by atoms with Crippen LogP contribution in [0.3, 0.4) is 0 Å². The second-order valence-electron chi connectivity index (χ2n) is 5.26. The molecule has 1 N–H and O–H groups in total. The van der Waals surface area contributed by atoms with E-state index in [1.54, 1.807) is 30.3 Å². The first kappa shape index (κ1) is 15.9. The summed E-state index contributed by atoms with van der Waals surface area (Å²) in [5, 5.41) is 0. The maximum atomic E-state index is 12.0. The Morgan fingerprint density at radius 2 is 1.96 bits per heavy atom. The lowest BCUT2D eigenvalue weighted by molar-refractivity contribution is -0.127. The van der Waals surface area contributed by atoms with Crippen LogP contribution in [0.15, 0.2) is 52.2 Å². The van der Waals surface area contributed by atoms with Crippen molar-refractivity contribution in [1.29, 1.82) is 0 Å². The Morgan fingerprint density at radius 1 is 1.21 bits per heavy atom. The first-order chi connectivity index (χ1) is 11.5. The highest BCUT2D eigenvalue weighted by Gasteiger charge is 2.36. The molecule has 0 aliphatic carbocycles. The molecule has 0 unspecified atom stereocenters. The monoisotopic (exact) mass is 330 g/mol. The molecule has 1 aromatic heterocycles. The molecule has 2 atom stereocenters. The van der Waals surface area contributed by atoms with Crippen LogP contribution in [-0.4, -0.2) is 34.0 Å². The van der Waals surface area contributed by atoms with E-state index in [1.165, 1.54) is 6.20 Å². The van der Waals surface area contributed by atoms with Gasteiger partial charge in [0.15, 0.2) is 12.0 Å². The van der Waals surface area contributed by atoms with Crippen LogP contribution in [0, 0.1) is 0 Å². The number of nitrogens with one attached hydrogen (secondary N) is 1. The Kier molecular flexibility index (Phi) is 4.39. The predicted molar refractivity (Wildman–Crippen MR) is 81.6 cm³/mol. The third-order valence-electron chi connectivity index (χ3n) is 3.54. The van der Waals surface area contributed by atoms with Crippen LogP contribution in [0.1, 0.15) is 23.0 Å². The summed E-state index contributed by atoms with van der Waals surface area (Å²) in [4.78, 5) is 48.7. The number of aromatic nitrogens is 2. The molecule has 0 spiro atoms. The quantitative estimate of drug-likeness (QED) is 0.805. The van der Waals surface area contributed by atoms with E-state index >= 15 is 0 Å². The van der Waals surface area contributed by atoms with E-state index in [-0.39, 0.29) is 18.8 Å². The Labute approximate surface area is 135 Å². The standard InChI is InChI=1S/C16H14N2O6/c19-12-8-11(9-23-15(21)10-4-2-1-3-5-10)24-14(12)18-7-6-13(20)17-16(18)22/h1-7,11,14H,8-9H2,(H,17,20,22)/t11-,14+/m0/s1. The lowest BCUT2D eigenvalue weighted by Crippen LogP contribution is -2.33. The minimum absolute atomic E-state index is 0.0122. The van der Waals surface area contributed by atoms with Gasteiger partial charge in [0.1, 0.15) is 12.7 Å². The molecule has 124 valence electrons. The van der Waals surface area contributed by atoms with Gasteiger partial charge in [-0.1, -0.05) is 18.2 Å². The molecule has 1 aromatic carbocycles. The van der Waals surface area contributed by atoms with Crippen LogP contribution in [0.5, 0.6) is 0 Å². The van der Waals surface area contributed by atoms with Gasteiger partial charge >= 0.3 is 11.7 Å². The van der Waals surface area contributed by atoms with Gasteiger partial charge in [0.05, 0.1) is 5.56 Å². The maximum Gasteiger partial charge on any atom is 0.338 e. The molecule has 0 radical (unpaired) electrons. The maximum absolute atomic E-state index is 12.0. The average Bonchev–Trinajstić information content (AvgIpc) is 2.94. The molecule has 1 aliphatic heterocycles. The summed E-state index contributed by atoms with van der Waals surface area (Å²) < 4.78 is 11.6. The van der Waals surface area contributed by atoms with Gasteiger partial charge in [-0.15, -0.1) is 0 Å². The Morgan fingerprint density at radius 3 is 2.67 bits per heavy atom. The Balaban J connectivity index is 1.64. The summed E-state index contributed by atoms with van der Waals surface area (Å²) in [6, 6.07) is 9.57. The highest BCUT2D eigenvalue weighted by molar-refractivity contribution is 5.89. The summed E-state index contributed by atoms with van der Waals surface area (Å²) in [6.45, 7) is -0.103. The van der Waals surface area contributed by atoms with Gasteiger partial charge in [0, 0.05) is 18.7 Å². The van der Waals surface area contributed by atoms with Crippen molar-refractivity contribution in [2.45, 2.75) is 18.8 Å². The Bertz CT molecular complexity index is 870. The van der Waals surface area contributed by atoms with Crippen molar-refractivity contribution in [2.24, 2.45) is 0 Å². The molecule has 1 saturated heterocycles. The zero-order chi connectivity index (χ0) is 17.1. The predicted octanol–water partition coefficient (Wildman–Crippen LogP) is 0.250. The molecule has 8 heteroatoms. The van der Waals surface area contributed by atoms with E-state index in [0.717, 1.165) is 10.6 Å². The van der Waals surface area contributed by atoms with Crippen molar-refractivity contribution < 1.29 is 19.1 Å². The van der Waals surface area contributed by atoms with E-state index in [4.69, 9.17) is 9.47 Å². The Hall–Kier alpha value is -3.00. The van der Waals surface area contributed by atoms with Crippen LogP contribution in [0.4, 0.5) is 0 Å². The molecule has 1 aliphatic rings. The summed E-state index contributed by atoms with van der Waals surface area (Å²) in [6.07, 6.45) is -0.566. The number of Topliss-reactive ketones (excluding diaryl/α,β-unsaturated/α-hetero) is 1. The third kappa shape index (κ3) is 3.33. The van der Waals surface area contributed by atoms with Gasteiger partial charge in [-0.3, -0.25) is 19.1 Å². The number of benzene rings is 1. The van der Waals surface area contributed by atoms with Crippen molar-refractivity contribution in [3.05, 3.63) is 69.0 Å². The molecule has 0 saturated carbocycles. The molecule has 0 amide bonds. The fourth-order valence-corrected chi connectivity index (χ4v) is 2.39. The number of hydrogen-bond donors (Lipinski definition) is 1. The van der Waals surface area contributed by atoms with Gasteiger partial charge in [0.2, 0.25) is 0 Å². The van der Waals surface area contributed by atoms with E-state index in [9.17, 15) is 19.2 Å². The van der Waals surface area contributed by atoms with E-state index in [1.807, 2.05) is 0 Å². The fraction of sp³-hybridized carbons (Fsp3) is 0.250. The van der Waals surface area contributed by atoms with Crippen LogP contribution >= 0.6 is 0 Å². The molecule has 8 nitrogen and oxygen atoms in total. The van der Waals surface area contributed by atoms with Gasteiger partial charge < -0.3 is 9.47 Å². The second-order valence-corrected chi connectivity index (χ2v) is 5.26. The molecule has 3 rings (SSSR count). The molecule has 2 aromatic rings. The van der Waals surface area contributed by atoms with Crippen molar-refractivity contribution in [1.82, 2.24) is 9.55 Å². The lowest BCUT2D eigenvalue weighted by Gasteiger charge is -2.14. The first-order valence-electron chi connectivity index (χ1n) is 7.26. The first-order valence-corrected chi connectivity index (χ1v) is 7.26. The molecule has 1 fully saturated rings. The van der Waals surface area contributed by atoms with E-state index in [2.05, 4.69) is 4.98 Å². The number of carbonyl (C=O) groups excluding carboxylic acids is 2. The average molecular weight is 330 g/mol. The topological polar surface area (TPSA) is 107 Å². The van der Waals surface area contributed by atoms with E-state index < -0.39 is 29.6 Å². The second kappa shape index (κ2) is 6.63. The van der Waals surface area contributed by atoms with Gasteiger partial charge in [-0.2, -0.15) is 0 Å². The number of esters is 1. The number of carbonyl (C=O) groups is 2. The molecule has 0 bridgehead atoms. The van der Waals surface area contributed by atoms with Crippen LogP contribution in [-0.2, 0) is 14.3 Å². The number of H-pyrrole nitrogens is 1. The number of rotatable bonds is 4. The van der Waals surface area contributed by atoms with Crippen molar-refractivity contribution in [2.75, 3.05) is 6.61 Å². The number of ether oxygens (including phenoxy) is 2. The van der Waals surface area contributed by atoms with Gasteiger partial charge in [-0.05, 0) is 12.1 Å². The minimum atomic E-state index is -1.13. The fourth-order valence-electron chi connectivity index (χ4n) is 2.39. The lowest BCUT2D eigenvalue weighted by atomic mass is 10.2. The zero-order valence-electron chi connectivity index (χ0n) is 12.5. The highest BCUT2D eigenvalue weighted by atomic mass is 16.6. The van der Waals surface area contributed by atoms with Crippen LogP contribution in [0.25, 0.3) is 0 Å². The minimum Gasteiger partial charge on any atom is -0.459 e. The van der Waals surface area contributed by atoms with Crippen molar-refractivity contribution in [3.8, 4) is 0 Å². The number of hydrogen-bond acceptors (Lipinski definition) is 6. The van der Waals surface area contributed by atoms with Gasteiger partial charge in [0.25, 0.3) is 5.56 Å². The number of ketones is 1. The van der Waals surface area contributed by atoms with Crippen molar-refractivity contribution >= 4 is 11.8 Å². The van der Waals surface area contributed by atoms with Crippen LogP contribution in [0.2, 0.25) is 0 Å². The molecule has 2 heterocycles. The smallest absolute Gasteiger partial charge is 0.338 e. The normalized spacial score (nSPS) is 20.1. The third-order valence-corrected chi connectivity index (χ3v) is 3.54.